The third-order valence-corrected chi connectivity index (χ3v) is 3.08. The molecule has 0 aliphatic heterocycles. The van der Waals surface area contributed by atoms with Crippen molar-refractivity contribution in [2.24, 2.45) is 5.73 Å². The van der Waals surface area contributed by atoms with Crippen LogP contribution in [0.3, 0.4) is 0 Å². The number of primary amides is 1. The number of aromatic nitrogens is 1. The molecule has 4 heteroatoms. The van der Waals surface area contributed by atoms with E-state index in [1.807, 2.05) is 30.5 Å². The predicted octanol–water partition coefficient (Wildman–Crippen LogP) is 1.98. The van der Waals surface area contributed by atoms with Gasteiger partial charge in [0.1, 0.15) is 0 Å². The van der Waals surface area contributed by atoms with Crippen molar-refractivity contribution in [3.8, 4) is 0 Å². The maximum Gasteiger partial charge on any atom is 0.217 e. The lowest BCUT2D eigenvalue weighted by molar-refractivity contribution is -0.118. The Kier molecular flexibility index (Phi) is 4.86. The minimum absolute atomic E-state index is 0.222. The first-order chi connectivity index (χ1) is 9.27. The Bertz CT molecular complexity index is 549. The van der Waals surface area contributed by atoms with Crippen molar-refractivity contribution in [3.63, 3.8) is 0 Å². The number of fused-ring (bicyclic) bond motifs is 1. The van der Waals surface area contributed by atoms with E-state index in [0.717, 1.165) is 31.4 Å². The molecule has 1 aromatic heterocycles. The van der Waals surface area contributed by atoms with Gasteiger partial charge in [-0.3, -0.25) is 9.78 Å². The smallest absolute Gasteiger partial charge is 0.217 e. The average molecular weight is 257 g/mol. The molecule has 0 radical (unpaired) electrons. The summed E-state index contributed by atoms with van der Waals surface area (Å²) < 4.78 is 0. The summed E-state index contributed by atoms with van der Waals surface area (Å²) in [6.07, 6.45) is 4.12. The van der Waals surface area contributed by atoms with Gasteiger partial charge >= 0.3 is 0 Å². The first-order valence-corrected chi connectivity index (χ1v) is 6.59. The number of pyridine rings is 1. The van der Waals surface area contributed by atoms with Gasteiger partial charge in [-0.25, -0.2) is 0 Å². The van der Waals surface area contributed by atoms with Gasteiger partial charge in [0.2, 0.25) is 5.91 Å². The van der Waals surface area contributed by atoms with Gasteiger partial charge in [0.25, 0.3) is 0 Å². The number of carbonyl (C=O) groups excluding carboxylic acids is 1. The van der Waals surface area contributed by atoms with Gasteiger partial charge in [-0.15, -0.1) is 0 Å². The summed E-state index contributed by atoms with van der Waals surface area (Å²) in [6, 6.07) is 10.2. The van der Waals surface area contributed by atoms with Gasteiger partial charge in [-0.1, -0.05) is 18.2 Å². The number of nitrogens with zero attached hydrogens (tertiary/aromatic N) is 1. The summed E-state index contributed by atoms with van der Waals surface area (Å²) in [5.74, 6) is -0.222. The predicted molar refractivity (Wildman–Crippen MR) is 76.5 cm³/mol. The number of hydrogen-bond acceptors (Lipinski definition) is 3. The largest absolute Gasteiger partial charge is 0.370 e. The minimum Gasteiger partial charge on any atom is -0.370 e. The fourth-order valence-corrected chi connectivity index (χ4v) is 2.08. The van der Waals surface area contributed by atoms with E-state index in [9.17, 15) is 4.79 Å². The van der Waals surface area contributed by atoms with Crippen LogP contribution in [0.25, 0.3) is 10.9 Å². The van der Waals surface area contributed by atoms with Crippen LogP contribution in [0.1, 0.15) is 24.8 Å². The Hall–Kier alpha value is -1.94. The summed E-state index contributed by atoms with van der Waals surface area (Å²) in [6.45, 7) is 1.71. The van der Waals surface area contributed by atoms with Crippen LogP contribution in [0.15, 0.2) is 36.5 Å². The first kappa shape index (κ1) is 13.5. The minimum atomic E-state index is -0.222. The maximum atomic E-state index is 10.6. The first-order valence-electron chi connectivity index (χ1n) is 6.59. The Morgan fingerprint density at radius 2 is 2.05 bits per heavy atom. The number of amides is 1. The van der Waals surface area contributed by atoms with Crippen molar-refractivity contribution >= 4 is 16.8 Å². The molecular weight excluding hydrogens is 238 g/mol. The second-order valence-corrected chi connectivity index (χ2v) is 4.59. The van der Waals surface area contributed by atoms with Crippen molar-refractivity contribution in [2.75, 3.05) is 6.54 Å². The lowest BCUT2D eigenvalue weighted by atomic mass is 10.1. The van der Waals surface area contributed by atoms with E-state index < -0.39 is 0 Å². The SMILES string of the molecule is NC(=O)CCCCNCc1ccnc2ccccc12. The van der Waals surface area contributed by atoms with Gasteiger partial charge in [0, 0.05) is 24.5 Å². The van der Waals surface area contributed by atoms with Crippen molar-refractivity contribution < 1.29 is 4.79 Å². The van der Waals surface area contributed by atoms with E-state index in [0.29, 0.717) is 6.42 Å². The molecule has 0 fully saturated rings. The molecule has 3 N–H and O–H groups in total. The zero-order valence-electron chi connectivity index (χ0n) is 10.9. The van der Waals surface area contributed by atoms with Crippen LogP contribution in [0.5, 0.6) is 0 Å². The molecular formula is C15H19N3O. The molecule has 100 valence electrons. The van der Waals surface area contributed by atoms with E-state index in [1.165, 1.54) is 10.9 Å². The highest BCUT2D eigenvalue weighted by Crippen LogP contribution is 2.15. The zero-order valence-corrected chi connectivity index (χ0v) is 10.9. The van der Waals surface area contributed by atoms with Crippen LogP contribution < -0.4 is 11.1 Å². The topological polar surface area (TPSA) is 68.0 Å². The highest BCUT2D eigenvalue weighted by atomic mass is 16.1. The Morgan fingerprint density at radius 3 is 2.89 bits per heavy atom. The van der Waals surface area contributed by atoms with Crippen molar-refractivity contribution in [1.29, 1.82) is 0 Å². The highest BCUT2D eigenvalue weighted by molar-refractivity contribution is 5.81. The molecule has 0 saturated heterocycles. The normalized spacial score (nSPS) is 10.7. The van der Waals surface area contributed by atoms with Gasteiger partial charge < -0.3 is 11.1 Å². The molecule has 1 amide bonds. The van der Waals surface area contributed by atoms with Gasteiger partial charge in [-0.05, 0) is 37.1 Å². The van der Waals surface area contributed by atoms with E-state index in [4.69, 9.17) is 5.73 Å². The fraction of sp³-hybridized carbons (Fsp3) is 0.333. The van der Waals surface area contributed by atoms with Crippen molar-refractivity contribution in [2.45, 2.75) is 25.8 Å². The molecule has 1 heterocycles. The zero-order chi connectivity index (χ0) is 13.5. The fourth-order valence-electron chi connectivity index (χ4n) is 2.08. The lowest BCUT2D eigenvalue weighted by Crippen LogP contribution is -2.16. The van der Waals surface area contributed by atoms with Crippen LogP contribution in [0, 0.1) is 0 Å². The Labute approximate surface area is 113 Å². The van der Waals surface area contributed by atoms with Crippen molar-refractivity contribution in [1.82, 2.24) is 10.3 Å². The molecule has 19 heavy (non-hydrogen) atoms. The number of carbonyl (C=O) groups is 1. The lowest BCUT2D eigenvalue weighted by Gasteiger charge is -2.07. The molecule has 2 aromatic rings. The monoisotopic (exact) mass is 257 g/mol. The molecule has 0 aliphatic rings. The van der Waals surface area contributed by atoms with Crippen LogP contribution in [0.2, 0.25) is 0 Å². The van der Waals surface area contributed by atoms with E-state index in [-0.39, 0.29) is 5.91 Å². The number of hydrogen-bond donors (Lipinski definition) is 2. The average Bonchev–Trinajstić information content (AvgIpc) is 2.42. The van der Waals surface area contributed by atoms with E-state index in [2.05, 4.69) is 16.4 Å². The molecule has 4 nitrogen and oxygen atoms in total. The third kappa shape index (κ3) is 4.03. The summed E-state index contributed by atoms with van der Waals surface area (Å²) in [4.78, 5) is 14.9. The second kappa shape index (κ2) is 6.85. The number of para-hydroxylation sites is 1. The highest BCUT2D eigenvalue weighted by Gasteiger charge is 2.00. The standard InChI is InChI=1S/C15H19N3O/c16-15(19)7-3-4-9-17-11-12-8-10-18-14-6-2-1-5-13(12)14/h1-2,5-6,8,10,17H,3-4,7,9,11H2,(H2,16,19). The Morgan fingerprint density at radius 1 is 1.21 bits per heavy atom. The summed E-state index contributed by atoms with van der Waals surface area (Å²) >= 11 is 0. The van der Waals surface area contributed by atoms with E-state index in [1.54, 1.807) is 0 Å². The van der Waals surface area contributed by atoms with Crippen LogP contribution in [0.4, 0.5) is 0 Å². The number of rotatable bonds is 7. The third-order valence-electron chi connectivity index (χ3n) is 3.08. The van der Waals surface area contributed by atoms with Gasteiger partial charge in [0.15, 0.2) is 0 Å². The Balaban J connectivity index is 1.83. The number of unbranched alkanes of at least 4 members (excludes halogenated alkanes) is 1. The van der Waals surface area contributed by atoms with Crippen LogP contribution in [-0.4, -0.2) is 17.4 Å². The number of benzene rings is 1. The maximum absolute atomic E-state index is 10.6. The molecule has 0 saturated carbocycles. The number of nitrogens with one attached hydrogen (secondary N) is 1. The quantitative estimate of drug-likeness (QED) is 0.745. The second-order valence-electron chi connectivity index (χ2n) is 4.59. The molecule has 0 spiro atoms. The van der Waals surface area contributed by atoms with Gasteiger partial charge in [-0.2, -0.15) is 0 Å². The molecule has 0 atom stereocenters. The number of nitrogens with two attached hydrogens (primary N) is 1. The van der Waals surface area contributed by atoms with Crippen LogP contribution >= 0.6 is 0 Å². The molecule has 2 rings (SSSR count). The van der Waals surface area contributed by atoms with E-state index >= 15 is 0 Å². The molecule has 0 unspecified atom stereocenters. The van der Waals surface area contributed by atoms with Gasteiger partial charge in [0.05, 0.1) is 5.52 Å². The summed E-state index contributed by atoms with van der Waals surface area (Å²) in [7, 11) is 0. The molecule has 0 aliphatic carbocycles. The molecule has 0 bridgehead atoms. The van der Waals surface area contributed by atoms with Crippen LogP contribution in [-0.2, 0) is 11.3 Å². The summed E-state index contributed by atoms with van der Waals surface area (Å²) in [5.41, 5.74) is 7.37. The van der Waals surface area contributed by atoms with Crippen molar-refractivity contribution in [3.05, 3.63) is 42.1 Å². The summed E-state index contributed by atoms with van der Waals surface area (Å²) in [5, 5.41) is 4.58. The molecule has 1 aromatic carbocycles.